The number of H-pyrrole nitrogens is 1. The maximum absolute atomic E-state index is 11.6. The third-order valence-electron chi connectivity index (χ3n) is 1.94. The van der Waals surface area contributed by atoms with Crippen LogP contribution < -0.4 is 15.5 Å². The molecule has 1 aromatic heterocycles. The second-order valence-electron chi connectivity index (χ2n) is 3.31. The number of hydrogen-bond acceptors (Lipinski definition) is 6. The molecule has 0 fully saturated rings. The fourth-order valence-corrected chi connectivity index (χ4v) is 1.34. The number of nitrogens with one attached hydrogen (secondary N) is 1. The van der Waals surface area contributed by atoms with Crippen molar-refractivity contribution < 1.29 is 19.4 Å². The lowest BCUT2D eigenvalue weighted by molar-refractivity contribution is -0.388. The summed E-state index contributed by atoms with van der Waals surface area (Å²) in [6.45, 7) is 1.64. The Hall–Kier alpha value is -1.71. The van der Waals surface area contributed by atoms with Gasteiger partial charge in [0.2, 0.25) is 5.82 Å². The third kappa shape index (κ3) is 4.15. The van der Waals surface area contributed by atoms with Crippen LogP contribution in [0.3, 0.4) is 0 Å². The predicted molar refractivity (Wildman–Crippen MR) is 70.5 cm³/mol. The van der Waals surface area contributed by atoms with Crippen LogP contribution in [0.2, 0.25) is 0 Å². The molecular weight excluding hydrogens is 311 g/mol. The number of carbonyl (C=O) groups is 1. The maximum atomic E-state index is 11.6. The number of aromatic amines is 1. The van der Waals surface area contributed by atoms with Gasteiger partial charge in [-0.2, -0.15) is 0 Å². The SMILES string of the molecule is COc1nc(C)nc(N=C(N)N(OC)C(=O)C(Cl)Cl)[nH+]1. The molecule has 0 aliphatic rings. The van der Waals surface area contributed by atoms with Crippen molar-refractivity contribution in [3.8, 4) is 6.01 Å². The van der Waals surface area contributed by atoms with Crippen molar-refractivity contribution in [3.05, 3.63) is 5.82 Å². The molecule has 110 valence electrons. The number of hydroxylamine groups is 2. The van der Waals surface area contributed by atoms with E-state index < -0.39 is 10.7 Å². The summed E-state index contributed by atoms with van der Waals surface area (Å²) in [5.74, 6) is -0.618. The van der Waals surface area contributed by atoms with Crippen molar-refractivity contribution in [2.45, 2.75) is 11.8 Å². The van der Waals surface area contributed by atoms with Gasteiger partial charge >= 0.3 is 12.0 Å². The monoisotopic (exact) mass is 323 g/mol. The van der Waals surface area contributed by atoms with Crippen molar-refractivity contribution in [1.29, 1.82) is 0 Å². The summed E-state index contributed by atoms with van der Waals surface area (Å²) >= 11 is 10.9. The molecule has 0 saturated heterocycles. The van der Waals surface area contributed by atoms with Crippen LogP contribution in [0.15, 0.2) is 4.99 Å². The van der Waals surface area contributed by atoms with Crippen molar-refractivity contribution >= 4 is 41.0 Å². The standard InChI is InChI=1S/C9H12Cl2N6O3/c1-4-13-8(16-9(14-4)19-2)15-7(12)17(20-3)6(18)5(10)11/h5H,1-3H3,(H2,12,13,14,15,16)/p+1. The van der Waals surface area contributed by atoms with Crippen molar-refractivity contribution in [1.82, 2.24) is 15.0 Å². The van der Waals surface area contributed by atoms with E-state index in [9.17, 15) is 4.79 Å². The molecule has 1 rings (SSSR count). The van der Waals surface area contributed by atoms with Gasteiger partial charge in [-0.1, -0.05) is 38.2 Å². The minimum atomic E-state index is -1.34. The number of guanidine groups is 1. The zero-order valence-electron chi connectivity index (χ0n) is 10.9. The molecule has 1 aromatic rings. The Morgan fingerprint density at radius 2 is 2.10 bits per heavy atom. The Bertz CT molecular complexity index is 524. The molecule has 0 aromatic carbocycles. The fourth-order valence-electron chi connectivity index (χ4n) is 1.17. The lowest BCUT2D eigenvalue weighted by Crippen LogP contribution is -2.43. The fraction of sp³-hybridized carbons (Fsp3) is 0.444. The van der Waals surface area contributed by atoms with Gasteiger partial charge in [-0.3, -0.25) is 9.63 Å². The minimum Gasteiger partial charge on any atom is -0.450 e. The molecule has 0 radical (unpaired) electrons. The molecule has 9 nitrogen and oxygen atoms in total. The molecule has 11 heteroatoms. The molecule has 0 aliphatic carbocycles. The maximum Gasteiger partial charge on any atom is 0.402 e. The number of methoxy groups -OCH3 is 1. The summed E-state index contributed by atoms with van der Waals surface area (Å²) in [5.41, 5.74) is 5.63. The van der Waals surface area contributed by atoms with E-state index in [1.165, 1.54) is 14.2 Å². The molecule has 0 spiro atoms. The third-order valence-corrected chi connectivity index (χ3v) is 2.31. The molecular formula is C9H13Cl2N6O3+. The molecule has 3 N–H and O–H groups in total. The Kier molecular flexibility index (Phi) is 5.86. The number of nitrogens with two attached hydrogens (primary N) is 1. The van der Waals surface area contributed by atoms with E-state index in [1.54, 1.807) is 6.92 Å². The van der Waals surface area contributed by atoms with Crippen LogP contribution in [-0.2, 0) is 9.63 Å². The van der Waals surface area contributed by atoms with Gasteiger partial charge in [-0.25, -0.2) is 4.98 Å². The molecule has 0 bridgehead atoms. The van der Waals surface area contributed by atoms with Gasteiger partial charge in [0.25, 0.3) is 11.9 Å². The van der Waals surface area contributed by atoms with Crippen LogP contribution >= 0.6 is 23.2 Å². The Labute approximate surface area is 124 Å². The average molecular weight is 324 g/mol. The second-order valence-corrected chi connectivity index (χ2v) is 4.41. The number of aromatic nitrogens is 3. The number of hydrogen-bond donors (Lipinski definition) is 1. The number of nitrogens with zero attached hydrogens (tertiary/aromatic N) is 4. The lowest BCUT2D eigenvalue weighted by atomic mass is 10.6. The number of amides is 1. The van der Waals surface area contributed by atoms with Gasteiger partial charge < -0.3 is 10.5 Å². The number of rotatable bonds is 4. The van der Waals surface area contributed by atoms with E-state index in [4.69, 9.17) is 38.5 Å². The summed E-state index contributed by atoms with van der Waals surface area (Å²) in [7, 11) is 2.64. The summed E-state index contributed by atoms with van der Waals surface area (Å²) < 4.78 is 4.92. The highest BCUT2D eigenvalue weighted by Gasteiger charge is 2.26. The first-order valence-corrected chi connectivity index (χ1v) is 6.08. The largest absolute Gasteiger partial charge is 0.450 e. The first-order valence-electron chi connectivity index (χ1n) is 5.21. The molecule has 0 unspecified atom stereocenters. The minimum absolute atomic E-state index is 0.0717. The van der Waals surface area contributed by atoms with Crippen LogP contribution in [0, 0.1) is 6.92 Å². The smallest absolute Gasteiger partial charge is 0.402 e. The molecule has 1 amide bonds. The van der Waals surface area contributed by atoms with Crippen LogP contribution in [0.1, 0.15) is 5.82 Å². The number of aryl methyl sites for hydroxylation is 1. The molecule has 1 heterocycles. The number of alkyl halides is 2. The average Bonchev–Trinajstić information content (AvgIpc) is 2.38. The quantitative estimate of drug-likeness (QED) is 0.353. The van der Waals surface area contributed by atoms with E-state index in [1.807, 2.05) is 0 Å². The number of halogens is 2. The first kappa shape index (κ1) is 16.3. The van der Waals surface area contributed by atoms with E-state index in [0.29, 0.717) is 10.9 Å². The predicted octanol–water partition coefficient (Wildman–Crippen LogP) is -0.252. The topological polar surface area (TPSA) is 117 Å². The van der Waals surface area contributed by atoms with E-state index >= 15 is 0 Å². The normalized spacial score (nSPS) is 11.6. The number of aliphatic imine (C=N–C) groups is 1. The molecule has 20 heavy (non-hydrogen) atoms. The van der Waals surface area contributed by atoms with Gasteiger partial charge in [-0.05, 0) is 0 Å². The highest BCUT2D eigenvalue weighted by Crippen LogP contribution is 2.09. The Balaban J connectivity index is 3.08. The second kappa shape index (κ2) is 7.17. The summed E-state index contributed by atoms with van der Waals surface area (Å²) in [4.78, 5) is 29.4. The van der Waals surface area contributed by atoms with Crippen molar-refractivity contribution in [2.24, 2.45) is 10.7 Å². The van der Waals surface area contributed by atoms with E-state index in [0.717, 1.165) is 0 Å². The molecule has 0 aliphatic heterocycles. The number of carbonyl (C=O) groups excluding carboxylic acids is 1. The summed E-state index contributed by atoms with van der Waals surface area (Å²) in [6, 6.07) is 0.187. The summed E-state index contributed by atoms with van der Waals surface area (Å²) in [5, 5.41) is 0.641. The van der Waals surface area contributed by atoms with E-state index in [-0.39, 0.29) is 17.9 Å². The Morgan fingerprint density at radius 3 is 2.60 bits per heavy atom. The van der Waals surface area contributed by atoms with E-state index in [2.05, 4.69) is 19.9 Å². The van der Waals surface area contributed by atoms with Gasteiger partial charge in [0, 0.05) is 6.92 Å². The first-order chi connectivity index (χ1) is 9.38. The van der Waals surface area contributed by atoms with Crippen LogP contribution in [0.5, 0.6) is 6.01 Å². The molecule has 0 saturated carbocycles. The lowest BCUT2D eigenvalue weighted by Gasteiger charge is -2.16. The summed E-state index contributed by atoms with van der Waals surface area (Å²) in [6.07, 6.45) is 0. The number of ether oxygens (including phenoxy) is 1. The highest BCUT2D eigenvalue weighted by atomic mass is 35.5. The van der Waals surface area contributed by atoms with Gasteiger partial charge in [0.05, 0.1) is 14.2 Å². The van der Waals surface area contributed by atoms with Crippen LogP contribution in [-0.4, -0.2) is 46.0 Å². The zero-order chi connectivity index (χ0) is 15.3. The highest BCUT2D eigenvalue weighted by molar-refractivity contribution is 6.53. The van der Waals surface area contributed by atoms with Gasteiger partial charge in [0.15, 0.2) is 4.84 Å². The van der Waals surface area contributed by atoms with Gasteiger partial charge in [0.1, 0.15) is 0 Å². The zero-order valence-corrected chi connectivity index (χ0v) is 12.4. The van der Waals surface area contributed by atoms with Crippen LogP contribution in [0.25, 0.3) is 0 Å². The van der Waals surface area contributed by atoms with Crippen molar-refractivity contribution in [3.63, 3.8) is 0 Å². The molecule has 0 atom stereocenters. The Morgan fingerprint density at radius 1 is 1.45 bits per heavy atom. The van der Waals surface area contributed by atoms with Gasteiger partial charge in [-0.15, -0.1) is 5.06 Å². The van der Waals surface area contributed by atoms with Crippen LogP contribution in [0.4, 0.5) is 5.95 Å². The van der Waals surface area contributed by atoms with Crippen molar-refractivity contribution in [2.75, 3.05) is 14.2 Å².